The van der Waals surface area contributed by atoms with Gasteiger partial charge < -0.3 is 4.90 Å². The third kappa shape index (κ3) is 2.34. The lowest BCUT2D eigenvalue weighted by atomic mass is 10.1. The maximum atomic E-state index is 6.17. The van der Waals surface area contributed by atoms with Gasteiger partial charge in [-0.25, -0.2) is 0 Å². The third-order valence-corrected chi connectivity index (χ3v) is 3.00. The van der Waals surface area contributed by atoms with Crippen LogP contribution in [0, 0.1) is 5.92 Å². The average Bonchev–Trinajstić information content (AvgIpc) is 2.32. The lowest BCUT2D eigenvalue weighted by Crippen LogP contribution is -2.21. The predicted octanol–water partition coefficient (Wildman–Crippen LogP) is 2.35. The monoisotopic (exact) mass is 175 g/mol. The molecule has 0 spiro atoms. The van der Waals surface area contributed by atoms with E-state index in [0.717, 1.165) is 12.5 Å². The first-order valence-corrected chi connectivity index (χ1v) is 5.08. The zero-order valence-electron chi connectivity index (χ0n) is 7.52. The minimum atomic E-state index is 0.409. The molecule has 1 aliphatic rings. The molecule has 0 bridgehead atoms. The molecule has 2 atom stereocenters. The summed E-state index contributed by atoms with van der Waals surface area (Å²) in [6.07, 6.45) is 2.48. The minimum absolute atomic E-state index is 0.409. The highest BCUT2D eigenvalue weighted by atomic mass is 35.5. The normalized spacial score (nSPS) is 33.0. The highest BCUT2D eigenvalue weighted by Crippen LogP contribution is 2.24. The van der Waals surface area contributed by atoms with Crippen molar-refractivity contribution in [3.63, 3.8) is 0 Å². The van der Waals surface area contributed by atoms with E-state index in [9.17, 15) is 0 Å². The number of hydrogen-bond donors (Lipinski definition) is 0. The van der Waals surface area contributed by atoms with Gasteiger partial charge in [0, 0.05) is 13.1 Å². The van der Waals surface area contributed by atoms with Gasteiger partial charge in [0.25, 0.3) is 0 Å². The summed E-state index contributed by atoms with van der Waals surface area (Å²) >= 11 is 6.17. The van der Waals surface area contributed by atoms with Crippen LogP contribution in [0.4, 0.5) is 0 Å². The summed E-state index contributed by atoms with van der Waals surface area (Å²) in [6, 6.07) is 0. The summed E-state index contributed by atoms with van der Waals surface area (Å²) in [5, 5.41) is 0.409. The molecule has 1 rings (SSSR count). The summed E-state index contributed by atoms with van der Waals surface area (Å²) in [7, 11) is 0. The molecule has 2 unspecified atom stereocenters. The number of alkyl halides is 1. The predicted molar refractivity (Wildman–Crippen MR) is 50.2 cm³/mol. The Kier molecular flexibility index (Phi) is 3.67. The van der Waals surface area contributed by atoms with Crippen LogP contribution in [0.5, 0.6) is 0 Å². The topological polar surface area (TPSA) is 3.24 Å². The zero-order valence-corrected chi connectivity index (χ0v) is 8.27. The molecule has 11 heavy (non-hydrogen) atoms. The molecule has 66 valence electrons. The molecule has 1 heterocycles. The molecular formula is C9H18ClN. The van der Waals surface area contributed by atoms with Crippen molar-refractivity contribution in [3.8, 4) is 0 Å². The second-order valence-electron chi connectivity index (χ2n) is 3.44. The van der Waals surface area contributed by atoms with Crippen molar-refractivity contribution in [2.24, 2.45) is 5.92 Å². The van der Waals surface area contributed by atoms with Crippen LogP contribution < -0.4 is 0 Å². The molecule has 2 heteroatoms. The minimum Gasteiger partial charge on any atom is -0.302 e. The second kappa shape index (κ2) is 4.32. The van der Waals surface area contributed by atoms with Gasteiger partial charge in [-0.2, -0.15) is 0 Å². The molecule has 1 nitrogen and oxygen atoms in total. The van der Waals surface area contributed by atoms with Gasteiger partial charge in [-0.05, 0) is 18.9 Å². The summed E-state index contributed by atoms with van der Waals surface area (Å²) in [5.74, 6) is 0.739. The van der Waals surface area contributed by atoms with Crippen LogP contribution in [0.25, 0.3) is 0 Å². The first-order chi connectivity index (χ1) is 5.27. The van der Waals surface area contributed by atoms with Crippen LogP contribution in [0.15, 0.2) is 0 Å². The maximum Gasteiger partial charge on any atom is 0.0503 e. The van der Waals surface area contributed by atoms with Crippen molar-refractivity contribution in [2.75, 3.05) is 19.6 Å². The standard InChI is InChI=1S/C9H18ClN/c1-3-5-11-6-8(4-2)9(10)7-11/h8-9H,3-7H2,1-2H3. The van der Waals surface area contributed by atoms with E-state index in [4.69, 9.17) is 11.6 Å². The molecule has 0 aromatic heterocycles. The van der Waals surface area contributed by atoms with Crippen molar-refractivity contribution in [1.82, 2.24) is 4.90 Å². The second-order valence-corrected chi connectivity index (χ2v) is 4.00. The number of halogens is 1. The SMILES string of the molecule is CCCN1CC(Cl)C(CC)C1. The molecule has 1 aliphatic heterocycles. The van der Waals surface area contributed by atoms with E-state index < -0.39 is 0 Å². The fourth-order valence-electron chi connectivity index (χ4n) is 1.80. The van der Waals surface area contributed by atoms with Crippen LogP contribution in [0.1, 0.15) is 26.7 Å². The van der Waals surface area contributed by atoms with Gasteiger partial charge in [0.05, 0.1) is 5.38 Å². The van der Waals surface area contributed by atoms with E-state index in [1.807, 2.05) is 0 Å². The molecule has 0 aromatic rings. The Morgan fingerprint density at radius 3 is 2.55 bits per heavy atom. The van der Waals surface area contributed by atoms with E-state index in [-0.39, 0.29) is 0 Å². The quantitative estimate of drug-likeness (QED) is 0.596. The fourth-order valence-corrected chi connectivity index (χ4v) is 2.25. The number of nitrogens with zero attached hydrogens (tertiary/aromatic N) is 1. The van der Waals surface area contributed by atoms with Gasteiger partial charge in [-0.3, -0.25) is 0 Å². The van der Waals surface area contributed by atoms with E-state index in [1.165, 1.54) is 25.9 Å². The first-order valence-electron chi connectivity index (χ1n) is 4.64. The van der Waals surface area contributed by atoms with Crippen molar-refractivity contribution < 1.29 is 0 Å². The fraction of sp³-hybridized carbons (Fsp3) is 1.00. The Morgan fingerprint density at radius 2 is 2.09 bits per heavy atom. The van der Waals surface area contributed by atoms with E-state index in [1.54, 1.807) is 0 Å². The van der Waals surface area contributed by atoms with Crippen molar-refractivity contribution in [1.29, 1.82) is 0 Å². The zero-order chi connectivity index (χ0) is 8.27. The van der Waals surface area contributed by atoms with Crippen LogP contribution in [-0.4, -0.2) is 29.9 Å². The summed E-state index contributed by atoms with van der Waals surface area (Å²) in [5.41, 5.74) is 0. The number of likely N-dealkylation sites (tertiary alicyclic amines) is 1. The molecule has 0 radical (unpaired) electrons. The summed E-state index contributed by atoms with van der Waals surface area (Å²) in [6.45, 7) is 8.00. The number of rotatable bonds is 3. The average molecular weight is 176 g/mol. The highest BCUT2D eigenvalue weighted by molar-refractivity contribution is 6.21. The number of hydrogen-bond acceptors (Lipinski definition) is 1. The van der Waals surface area contributed by atoms with Crippen LogP contribution in [0.2, 0.25) is 0 Å². The summed E-state index contributed by atoms with van der Waals surface area (Å²) < 4.78 is 0. The van der Waals surface area contributed by atoms with E-state index in [2.05, 4.69) is 18.7 Å². The van der Waals surface area contributed by atoms with Crippen molar-refractivity contribution >= 4 is 11.6 Å². The first kappa shape index (κ1) is 9.34. The van der Waals surface area contributed by atoms with Crippen LogP contribution in [-0.2, 0) is 0 Å². The largest absolute Gasteiger partial charge is 0.302 e. The molecular weight excluding hydrogens is 158 g/mol. The molecule has 0 amide bonds. The van der Waals surface area contributed by atoms with Gasteiger partial charge in [0.15, 0.2) is 0 Å². The van der Waals surface area contributed by atoms with Gasteiger partial charge in [0.2, 0.25) is 0 Å². The maximum absolute atomic E-state index is 6.17. The Hall–Kier alpha value is 0.250. The Balaban J connectivity index is 2.30. The molecule has 0 N–H and O–H groups in total. The Labute approximate surface area is 74.7 Å². The van der Waals surface area contributed by atoms with Gasteiger partial charge in [-0.15, -0.1) is 11.6 Å². The molecule has 1 saturated heterocycles. The van der Waals surface area contributed by atoms with Crippen LogP contribution in [0.3, 0.4) is 0 Å². The van der Waals surface area contributed by atoms with E-state index in [0.29, 0.717) is 5.38 Å². The van der Waals surface area contributed by atoms with Gasteiger partial charge in [-0.1, -0.05) is 20.3 Å². The Bertz CT molecular complexity index is 116. The van der Waals surface area contributed by atoms with E-state index >= 15 is 0 Å². The molecule has 0 saturated carbocycles. The lowest BCUT2D eigenvalue weighted by Gasteiger charge is -2.12. The van der Waals surface area contributed by atoms with Crippen LogP contribution >= 0.6 is 11.6 Å². The van der Waals surface area contributed by atoms with Crippen molar-refractivity contribution in [2.45, 2.75) is 32.1 Å². The smallest absolute Gasteiger partial charge is 0.0503 e. The van der Waals surface area contributed by atoms with Crippen molar-refractivity contribution in [3.05, 3.63) is 0 Å². The summed E-state index contributed by atoms with van der Waals surface area (Å²) in [4.78, 5) is 2.48. The highest BCUT2D eigenvalue weighted by Gasteiger charge is 2.28. The molecule has 0 aromatic carbocycles. The third-order valence-electron chi connectivity index (χ3n) is 2.50. The van der Waals surface area contributed by atoms with Gasteiger partial charge >= 0.3 is 0 Å². The van der Waals surface area contributed by atoms with Gasteiger partial charge in [0.1, 0.15) is 0 Å². The lowest BCUT2D eigenvalue weighted by molar-refractivity contribution is 0.323. The Morgan fingerprint density at radius 1 is 1.36 bits per heavy atom. The molecule has 0 aliphatic carbocycles. The molecule has 1 fully saturated rings.